The van der Waals surface area contributed by atoms with E-state index in [2.05, 4.69) is 23.5 Å². The highest BCUT2D eigenvalue weighted by molar-refractivity contribution is 6.15. The standard InChI is InChI=1S/C17H21NO4.CH3Cl/c1-18-13-7-11(8-14(18)16-15(13)22-16)21-17(20)12(9-19)10-5-3-2-4-6-10;1-2/h2-6,11-16,19H,7-9H2,1H3;1H3. The molecule has 0 amide bonds. The summed E-state index contributed by atoms with van der Waals surface area (Å²) in [7, 11) is 2.13. The number of piperidine rings is 1. The summed E-state index contributed by atoms with van der Waals surface area (Å²) in [6.45, 7) is -0.226. The van der Waals surface area contributed by atoms with Crippen molar-refractivity contribution in [3.8, 4) is 0 Å². The van der Waals surface area contributed by atoms with Gasteiger partial charge in [-0.3, -0.25) is 9.69 Å². The van der Waals surface area contributed by atoms with Crippen LogP contribution < -0.4 is 0 Å². The Bertz CT molecular complexity index is 551. The third kappa shape index (κ3) is 3.18. The van der Waals surface area contributed by atoms with Crippen LogP contribution in [0.4, 0.5) is 0 Å². The lowest BCUT2D eigenvalue weighted by atomic mass is 9.97. The summed E-state index contributed by atoms with van der Waals surface area (Å²) in [6.07, 6.45) is 3.73. The van der Waals surface area contributed by atoms with Crippen LogP contribution in [0.1, 0.15) is 24.3 Å². The normalized spacial score (nSPS) is 34.6. The van der Waals surface area contributed by atoms with E-state index in [1.807, 2.05) is 30.3 Å². The minimum Gasteiger partial charge on any atom is -0.462 e. The highest BCUT2D eigenvalue weighted by atomic mass is 35.5. The lowest BCUT2D eigenvalue weighted by Crippen LogP contribution is -2.48. The number of esters is 1. The fourth-order valence-corrected chi connectivity index (χ4v) is 4.04. The molecule has 6 heteroatoms. The van der Waals surface area contributed by atoms with E-state index < -0.39 is 5.92 Å². The highest BCUT2D eigenvalue weighted by Gasteiger charge is 2.62. The van der Waals surface area contributed by atoms with Crippen LogP contribution in [0.15, 0.2) is 30.3 Å². The average Bonchev–Trinajstić information content (AvgIpc) is 3.36. The number of morpholine rings is 1. The summed E-state index contributed by atoms with van der Waals surface area (Å²) < 4.78 is 11.4. The van der Waals surface area contributed by atoms with E-state index in [9.17, 15) is 9.90 Å². The lowest BCUT2D eigenvalue weighted by molar-refractivity contribution is -0.156. The predicted octanol–water partition coefficient (Wildman–Crippen LogP) is 1.77. The molecule has 3 fully saturated rings. The number of ether oxygens (including phenoxy) is 2. The Kier molecular flexibility index (Phi) is 5.45. The number of aliphatic hydroxyl groups excluding tert-OH is 1. The quantitative estimate of drug-likeness (QED) is 0.508. The molecular formula is C18H24ClNO4. The second-order valence-corrected chi connectivity index (χ2v) is 6.54. The number of halogens is 1. The molecular weight excluding hydrogens is 330 g/mol. The predicted molar refractivity (Wildman–Crippen MR) is 91.2 cm³/mol. The first-order valence-corrected chi connectivity index (χ1v) is 9.06. The van der Waals surface area contributed by atoms with E-state index in [1.54, 1.807) is 0 Å². The topological polar surface area (TPSA) is 62.3 Å². The lowest BCUT2D eigenvalue weighted by Gasteiger charge is -2.38. The highest BCUT2D eigenvalue weighted by Crippen LogP contribution is 2.48. The van der Waals surface area contributed by atoms with Crippen LogP contribution in [0, 0.1) is 0 Å². The summed E-state index contributed by atoms with van der Waals surface area (Å²) in [5, 5.41) is 9.56. The maximum Gasteiger partial charge on any atom is 0.316 e. The van der Waals surface area contributed by atoms with Crippen LogP contribution in [0.25, 0.3) is 0 Å². The van der Waals surface area contributed by atoms with Crippen LogP contribution in [-0.2, 0) is 14.3 Å². The van der Waals surface area contributed by atoms with E-state index in [4.69, 9.17) is 9.47 Å². The second kappa shape index (κ2) is 7.40. The largest absolute Gasteiger partial charge is 0.462 e. The molecule has 3 aliphatic heterocycles. The van der Waals surface area contributed by atoms with Gasteiger partial charge in [-0.2, -0.15) is 0 Å². The van der Waals surface area contributed by atoms with Gasteiger partial charge in [0.1, 0.15) is 24.2 Å². The van der Waals surface area contributed by atoms with Gasteiger partial charge in [0.25, 0.3) is 0 Å². The van der Waals surface area contributed by atoms with Gasteiger partial charge in [-0.25, -0.2) is 0 Å². The molecule has 5 nitrogen and oxygen atoms in total. The minimum absolute atomic E-state index is 0.0622. The molecule has 3 aliphatic rings. The van der Waals surface area contributed by atoms with Crippen molar-refractivity contribution in [2.24, 2.45) is 0 Å². The third-order valence-corrected chi connectivity index (χ3v) is 5.33. The van der Waals surface area contributed by atoms with Gasteiger partial charge in [0, 0.05) is 31.3 Å². The maximum atomic E-state index is 12.4. The van der Waals surface area contributed by atoms with Gasteiger partial charge in [0.15, 0.2) is 0 Å². The first-order valence-electron chi connectivity index (χ1n) is 8.30. The van der Waals surface area contributed by atoms with E-state index >= 15 is 0 Å². The Morgan fingerprint density at radius 1 is 1.29 bits per heavy atom. The molecule has 4 rings (SSSR count). The number of benzene rings is 1. The monoisotopic (exact) mass is 353 g/mol. The van der Waals surface area contributed by atoms with Crippen molar-refractivity contribution in [2.75, 3.05) is 20.0 Å². The number of epoxide rings is 1. The van der Waals surface area contributed by atoms with Gasteiger partial charge in [-0.05, 0) is 12.6 Å². The minimum atomic E-state index is -0.593. The number of carbonyl (C=O) groups is 1. The summed E-state index contributed by atoms with van der Waals surface area (Å²) >= 11 is 4.64. The molecule has 3 heterocycles. The van der Waals surface area contributed by atoms with Crippen molar-refractivity contribution in [3.63, 3.8) is 0 Å². The molecule has 2 bridgehead atoms. The average molecular weight is 354 g/mol. The number of alkyl halides is 1. The first kappa shape index (κ1) is 17.7. The molecule has 1 N–H and O–H groups in total. The van der Waals surface area contributed by atoms with Crippen LogP contribution in [0.5, 0.6) is 0 Å². The van der Waals surface area contributed by atoms with Gasteiger partial charge in [0.2, 0.25) is 0 Å². The summed E-state index contributed by atoms with van der Waals surface area (Å²) in [5.74, 6) is -0.915. The Morgan fingerprint density at radius 3 is 2.42 bits per heavy atom. The summed E-state index contributed by atoms with van der Waals surface area (Å²) in [6, 6.07) is 10.1. The number of likely N-dealkylation sites (N-methyl/N-ethyl adjacent to an activating group) is 1. The third-order valence-electron chi connectivity index (χ3n) is 5.33. The van der Waals surface area contributed by atoms with Crippen molar-refractivity contribution in [1.82, 2.24) is 4.90 Å². The molecule has 24 heavy (non-hydrogen) atoms. The molecule has 132 valence electrons. The SMILES string of the molecule is CCl.CN1C2CC(OC(=O)C(CO)c3ccccc3)CC1C1OC12. The van der Waals surface area contributed by atoms with E-state index in [0.717, 1.165) is 18.4 Å². The molecule has 5 unspecified atom stereocenters. The molecule has 1 aromatic carbocycles. The van der Waals surface area contributed by atoms with E-state index in [1.165, 1.54) is 6.38 Å². The molecule has 5 atom stereocenters. The fraction of sp³-hybridized carbons (Fsp3) is 0.611. The Hall–Kier alpha value is -1.14. The van der Waals surface area contributed by atoms with Crippen molar-refractivity contribution >= 4 is 17.6 Å². The van der Waals surface area contributed by atoms with Crippen molar-refractivity contribution in [1.29, 1.82) is 0 Å². The number of rotatable bonds is 4. The Labute approximate surface area is 147 Å². The van der Waals surface area contributed by atoms with E-state index in [-0.39, 0.29) is 18.7 Å². The number of carbonyl (C=O) groups excluding carboxylic acids is 1. The maximum absolute atomic E-state index is 12.4. The van der Waals surface area contributed by atoms with Gasteiger partial charge in [-0.15, -0.1) is 11.6 Å². The Balaban J connectivity index is 0.000000815. The molecule has 3 saturated heterocycles. The van der Waals surface area contributed by atoms with Crippen LogP contribution in [0.2, 0.25) is 0 Å². The van der Waals surface area contributed by atoms with Gasteiger partial charge >= 0.3 is 5.97 Å². The number of hydrogen-bond donors (Lipinski definition) is 1. The fourth-order valence-electron chi connectivity index (χ4n) is 4.04. The van der Waals surface area contributed by atoms with Gasteiger partial charge in [0.05, 0.1) is 6.61 Å². The van der Waals surface area contributed by atoms with Crippen LogP contribution in [-0.4, -0.2) is 66.4 Å². The molecule has 0 aliphatic carbocycles. The zero-order valence-corrected chi connectivity index (χ0v) is 14.7. The summed E-state index contributed by atoms with van der Waals surface area (Å²) in [4.78, 5) is 14.8. The van der Waals surface area contributed by atoms with Gasteiger partial charge < -0.3 is 14.6 Å². The Morgan fingerprint density at radius 2 is 1.88 bits per heavy atom. The number of hydrogen-bond acceptors (Lipinski definition) is 5. The van der Waals surface area contributed by atoms with Gasteiger partial charge in [-0.1, -0.05) is 30.3 Å². The smallest absolute Gasteiger partial charge is 0.316 e. The van der Waals surface area contributed by atoms with E-state index in [0.29, 0.717) is 24.3 Å². The zero-order valence-electron chi connectivity index (χ0n) is 14.0. The summed E-state index contributed by atoms with van der Waals surface area (Å²) in [5.41, 5.74) is 0.803. The molecule has 1 aromatic rings. The second-order valence-electron chi connectivity index (χ2n) is 6.54. The molecule has 0 radical (unpaired) electrons. The first-order chi connectivity index (χ1) is 11.7. The van der Waals surface area contributed by atoms with Crippen LogP contribution in [0.3, 0.4) is 0 Å². The zero-order chi connectivity index (χ0) is 17.3. The van der Waals surface area contributed by atoms with Crippen LogP contribution >= 0.6 is 11.6 Å². The number of aliphatic hydroxyl groups is 1. The number of nitrogens with zero attached hydrogens (tertiary/aromatic N) is 1. The number of fused-ring (bicyclic) bond motifs is 5. The molecule has 0 spiro atoms. The molecule has 0 saturated carbocycles. The van der Waals surface area contributed by atoms with Crippen molar-refractivity contribution < 1.29 is 19.4 Å². The van der Waals surface area contributed by atoms with Crippen molar-refractivity contribution in [3.05, 3.63) is 35.9 Å². The van der Waals surface area contributed by atoms with Crippen molar-refractivity contribution in [2.45, 2.75) is 49.2 Å². The molecule has 0 aromatic heterocycles.